The van der Waals surface area contributed by atoms with Crippen LogP contribution in [0.4, 0.5) is 13.2 Å². The smallest absolute Gasteiger partial charge is 0.420 e. The Morgan fingerprint density at radius 3 is 2.36 bits per heavy atom. The Kier molecular flexibility index (Phi) is 9.78. The molecule has 0 fully saturated rings. The first-order valence-electron chi connectivity index (χ1n) is 10.7. The van der Waals surface area contributed by atoms with Crippen LogP contribution in [0.5, 0.6) is 11.5 Å². The lowest BCUT2D eigenvalue weighted by Crippen LogP contribution is -2.25. The van der Waals surface area contributed by atoms with Crippen LogP contribution in [0.15, 0.2) is 71.0 Å². The molecule has 3 aromatic carbocycles. The number of alkyl halides is 3. The lowest BCUT2D eigenvalue weighted by Gasteiger charge is -2.15. The maximum absolute atomic E-state index is 13.7. The number of hydrogen-bond donors (Lipinski definition) is 1. The quantitative estimate of drug-likeness (QED) is 0.285. The summed E-state index contributed by atoms with van der Waals surface area (Å²) < 4.78 is 58.8. The van der Waals surface area contributed by atoms with E-state index in [-0.39, 0.29) is 23.0 Å². The van der Waals surface area contributed by atoms with Crippen LogP contribution in [-0.4, -0.2) is 29.5 Å². The highest BCUT2D eigenvalue weighted by atomic mass is 35.5. The van der Waals surface area contributed by atoms with Gasteiger partial charge in [0, 0.05) is 23.2 Å². The fourth-order valence-corrected chi connectivity index (χ4v) is 4.84. The predicted molar refractivity (Wildman–Crippen MR) is 141 cm³/mol. The first-order chi connectivity index (χ1) is 17.1. The summed E-state index contributed by atoms with van der Waals surface area (Å²) in [5, 5.41) is 3.44. The molecule has 1 unspecified atom stereocenters. The van der Waals surface area contributed by atoms with Crippen molar-refractivity contribution in [3.63, 3.8) is 0 Å². The lowest BCUT2D eigenvalue weighted by atomic mass is 10.1. The second-order valence-corrected chi connectivity index (χ2v) is 10.5. The third-order valence-corrected chi connectivity index (χ3v) is 7.70. The van der Waals surface area contributed by atoms with E-state index in [1.54, 1.807) is 18.4 Å². The average Bonchev–Trinajstić information content (AvgIpc) is 2.84. The molecule has 0 radical (unpaired) electrons. The van der Waals surface area contributed by atoms with Gasteiger partial charge in [-0.15, -0.1) is 0 Å². The van der Waals surface area contributed by atoms with Gasteiger partial charge in [0.2, 0.25) is 0 Å². The van der Waals surface area contributed by atoms with Gasteiger partial charge in [0.15, 0.2) is 4.24 Å². The Hall–Kier alpha value is -2.59. The van der Waals surface area contributed by atoms with Crippen LogP contribution in [0.2, 0.25) is 5.02 Å². The summed E-state index contributed by atoms with van der Waals surface area (Å²) in [7, 11) is 0. The molecule has 0 saturated heterocycles. The van der Waals surface area contributed by atoms with Crippen molar-refractivity contribution in [2.24, 2.45) is 0 Å². The van der Waals surface area contributed by atoms with E-state index in [4.69, 9.17) is 16.3 Å². The van der Waals surface area contributed by atoms with Gasteiger partial charge in [-0.05, 0) is 83.5 Å². The van der Waals surface area contributed by atoms with Crippen molar-refractivity contribution < 1.29 is 27.3 Å². The Morgan fingerprint density at radius 1 is 1.11 bits per heavy atom. The lowest BCUT2D eigenvalue weighted by molar-refractivity contribution is -0.138. The number of rotatable bonds is 9. The van der Waals surface area contributed by atoms with Gasteiger partial charge in [0.05, 0.1) is 5.56 Å². The number of ether oxygens (including phenoxy) is 1. The topological polar surface area (TPSA) is 61.4 Å². The molecule has 1 N–H and O–H groups in total. The van der Waals surface area contributed by atoms with Crippen molar-refractivity contribution >= 4 is 46.5 Å². The normalized spacial score (nSPS) is 12.8. The van der Waals surface area contributed by atoms with Gasteiger partial charge in [-0.1, -0.05) is 41.6 Å². The maximum atomic E-state index is 13.7. The molecule has 36 heavy (non-hydrogen) atoms. The first-order valence-corrected chi connectivity index (χ1v) is 13.8. The predicted octanol–water partition coefficient (Wildman–Crippen LogP) is 7.16. The summed E-state index contributed by atoms with van der Waals surface area (Å²) in [6.45, 7) is 0.415. The van der Waals surface area contributed by atoms with Crippen LogP contribution in [0.25, 0.3) is 6.08 Å². The fourth-order valence-electron chi connectivity index (χ4n) is 3.22. The second kappa shape index (κ2) is 12.6. The minimum Gasteiger partial charge on any atom is -0.611 e. The van der Waals surface area contributed by atoms with Gasteiger partial charge < -0.3 is 14.6 Å². The third kappa shape index (κ3) is 7.96. The molecule has 3 rings (SSSR count). The highest BCUT2D eigenvalue weighted by molar-refractivity contribution is 8.18. The molecule has 0 aliphatic carbocycles. The van der Waals surface area contributed by atoms with Gasteiger partial charge in [-0.3, -0.25) is 4.79 Å². The zero-order chi connectivity index (χ0) is 26.3. The zero-order valence-corrected chi connectivity index (χ0v) is 21.8. The number of halogens is 4. The van der Waals surface area contributed by atoms with E-state index < -0.39 is 22.9 Å². The van der Waals surface area contributed by atoms with Crippen LogP contribution >= 0.6 is 23.4 Å². The van der Waals surface area contributed by atoms with Crippen LogP contribution in [-0.2, 0) is 23.8 Å². The molecule has 0 aliphatic rings. The van der Waals surface area contributed by atoms with Crippen molar-refractivity contribution in [2.45, 2.75) is 12.6 Å². The van der Waals surface area contributed by atoms with Crippen molar-refractivity contribution in [3.8, 4) is 11.5 Å². The van der Waals surface area contributed by atoms with E-state index >= 15 is 0 Å². The average molecular weight is 554 g/mol. The number of benzene rings is 3. The molecule has 0 bridgehead atoms. The number of nitrogens with one attached hydrogen (secondary N) is 1. The maximum Gasteiger partial charge on any atom is 0.420 e. The minimum absolute atomic E-state index is 0.154. The molecule has 0 aromatic heterocycles. The van der Waals surface area contributed by atoms with Crippen LogP contribution in [0, 0.1) is 0 Å². The minimum atomic E-state index is -4.66. The van der Waals surface area contributed by atoms with Crippen LogP contribution in [0.3, 0.4) is 0 Å². The standard InChI is InChI=1S/C26H23ClF3NO3S2/c1-35-24(36(2)33)16-18-5-12-23(22(15-18)26(28,29)30)34-21-10-6-19(7-11-21)25(32)31-14-13-17-3-8-20(27)9-4-17/h3-12,15-16H,13-14H2,1-2H3,(H,31,32). The van der Waals surface area contributed by atoms with E-state index in [0.29, 0.717) is 27.8 Å². The van der Waals surface area contributed by atoms with Crippen LogP contribution < -0.4 is 10.1 Å². The van der Waals surface area contributed by atoms with E-state index in [1.807, 2.05) is 12.1 Å². The number of carbonyl (C=O) groups excluding carboxylic acids is 1. The Labute approximate surface area is 220 Å². The molecular weight excluding hydrogens is 531 g/mol. The fraction of sp³-hybridized carbons (Fsp3) is 0.192. The van der Waals surface area contributed by atoms with Gasteiger partial charge in [0.25, 0.3) is 5.91 Å². The van der Waals surface area contributed by atoms with Gasteiger partial charge >= 0.3 is 6.18 Å². The molecule has 1 atom stereocenters. The number of carbonyl (C=O) groups is 1. The Balaban J connectivity index is 1.69. The summed E-state index contributed by atoms with van der Waals surface area (Å²) in [5.74, 6) is -0.523. The van der Waals surface area contributed by atoms with Crippen molar-refractivity contribution in [2.75, 3.05) is 19.1 Å². The monoisotopic (exact) mass is 553 g/mol. The molecule has 0 spiro atoms. The number of thioether (sulfide) groups is 1. The molecule has 0 aliphatic heterocycles. The molecule has 4 nitrogen and oxygen atoms in total. The Morgan fingerprint density at radius 2 is 1.78 bits per heavy atom. The summed E-state index contributed by atoms with van der Waals surface area (Å²) in [4.78, 5) is 12.4. The van der Waals surface area contributed by atoms with E-state index in [9.17, 15) is 22.5 Å². The highest BCUT2D eigenvalue weighted by Gasteiger charge is 2.35. The van der Waals surface area contributed by atoms with Gasteiger partial charge in [0.1, 0.15) is 17.8 Å². The first kappa shape index (κ1) is 28.0. The molecule has 10 heteroatoms. The second-order valence-electron chi connectivity index (χ2n) is 7.63. The van der Waals surface area contributed by atoms with Gasteiger partial charge in [-0.25, -0.2) is 0 Å². The largest absolute Gasteiger partial charge is 0.611 e. The SMILES string of the molecule is CSC(=Cc1ccc(Oc2ccc(C(=O)NCCc3ccc(Cl)cc3)cc2)c(C(F)(F)F)c1)[S+](C)[O-]. The van der Waals surface area contributed by atoms with Gasteiger partial charge in [-0.2, -0.15) is 13.2 Å². The summed E-state index contributed by atoms with van der Waals surface area (Å²) in [6.07, 6.45) is 0.600. The number of hydrogen-bond acceptors (Lipinski definition) is 4. The van der Waals surface area contributed by atoms with E-state index in [0.717, 1.165) is 11.6 Å². The highest BCUT2D eigenvalue weighted by Crippen LogP contribution is 2.39. The molecule has 190 valence electrons. The van der Waals surface area contributed by atoms with Crippen LogP contribution in [0.1, 0.15) is 27.0 Å². The molecule has 0 heterocycles. The summed E-state index contributed by atoms with van der Waals surface area (Å²) in [6, 6.07) is 16.8. The molecule has 3 aromatic rings. The third-order valence-electron chi connectivity index (χ3n) is 5.03. The van der Waals surface area contributed by atoms with E-state index in [2.05, 4.69) is 5.32 Å². The summed E-state index contributed by atoms with van der Waals surface area (Å²) >= 11 is 5.76. The molecule has 1 amide bonds. The van der Waals surface area contributed by atoms with Crippen molar-refractivity contribution in [1.82, 2.24) is 5.32 Å². The molecular formula is C26H23ClF3NO3S2. The summed E-state index contributed by atoms with van der Waals surface area (Å²) in [5.41, 5.74) is 0.688. The Bertz CT molecular complexity index is 1210. The van der Waals surface area contributed by atoms with Crippen molar-refractivity contribution in [1.29, 1.82) is 0 Å². The number of amides is 1. The van der Waals surface area contributed by atoms with Crippen molar-refractivity contribution in [3.05, 3.63) is 98.2 Å². The zero-order valence-electron chi connectivity index (χ0n) is 19.4. The van der Waals surface area contributed by atoms with E-state index in [1.165, 1.54) is 60.5 Å². The molecule has 0 saturated carbocycles.